The molecule has 2 aromatic rings. The van der Waals surface area contributed by atoms with Gasteiger partial charge in [-0.2, -0.15) is 0 Å². The van der Waals surface area contributed by atoms with Crippen molar-refractivity contribution in [3.63, 3.8) is 0 Å². The van der Waals surface area contributed by atoms with Gasteiger partial charge in [-0.1, -0.05) is 29.8 Å². The predicted molar refractivity (Wildman–Crippen MR) is 98.3 cm³/mol. The minimum atomic E-state index is -0.269. The van der Waals surface area contributed by atoms with Crippen LogP contribution in [0.25, 0.3) is 0 Å². The van der Waals surface area contributed by atoms with Gasteiger partial charge in [-0.15, -0.1) is 0 Å². The van der Waals surface area contributed by atoms with E-state index in [1.165, 1.54) is 5.56 Å². The van der Waals surface area contributed by atoms with Crippen molar-refractivity contribution in [3.8, 4) is 5.75 Å². The molecule has 5 heteroatoms. The Morgan fingerprint density at radius 3 is 2.83 bits per heavy atom. The van der Waals surface area contributed by atoms with Crippen molar-refractivity contribution in [3.05, 3.63) is 52.5 Å². The average Bonchev–Trinajstić information content (AvgIpc) is 3.01. The third-order valence-corrected chi connectivity index (χ3v) is 4.92. The van der Waals surface area contributed by atoms with Crippen LogP contribution < -0.4 is 15.0 Å². The maximum atomic E-state index is 12.7. The number of nitrogens with zero attached hydrogens (tertiary/aromatic N) is 1. The third-order valence-electron chi connectivity index (χ3n) is 4.51. The van der Waals surface area contributed by atoms with E-state index in [1.54, 1.807) is 13.2 Å². The molecule has 0 radical (unpaired) electrons. The molecule has 4 nitrogen and oxygen atoms in total. The highest BCUT2D eigenvalue weighted by Crippen LogP contribution is 2.32. The molecular formula is C19H21ClN2O2. The zero-order valence-electron chi connectivity index (χ0n) is 14.1. The van der Waals surface area contributed by atoms with Crippen LogP contribution in [0.15, 0.2) is 36.4 Å². The highest BCUT2D eigenvalue weighted by molar-refractivity contribution is 6.31. The zero-order valence-corrected chi connectivity index (χ0v) is 14.9. The number of aryl methyl sites for hydroxylation is 1. The lowest BCUT2D eigenvalue weighted by Gasteiger charge is -2.26. The molecular weight excluding hydrogens is 324 g/mol. The van der Waals surface area contributed by atoms with E-state index in [9.17, 15) is 4.79 Å². The second-order valence-electron chi connectivity index (χ2n) is 6.04. The van der Waals surface area contributed by atoms with E-state index in [2.05, 4.69) is 22.3 Å². The number of carbonyl (C=O) groups is 1. The number of amides is 1. The second kappa shape index (κ2) is 6.73. The normalized spacial score (nSPS) is 14.2. The molecule has 126 valence electrons. The summed E-state index contributed by atoms with van der Waals surface area (Å²) in [6, 6.07) is 11.5. The number of rotatable bonds is 4. The molecule has 0 spiro atoms. The van der Waals surface area contributed by atoms with Crippen LogP contribution in [0.5, 0.6) is 5.75 Å². The Morgan fingerprint density at radius 2 is 2.08 bits per heavy atom. The van der Waals surface area contributed by atoms with E-state index in [0.717, 1.165) is 24.2 Å². The molecule has 0 saturated carbocycles. The standard InChI is InChI=1S/C19H21ClN2O2/c1-12-10-16(18(24-3)11-15(12)20)21-19(23)13(2)22-9-8-14-6-4-5-7-17(14)22/h4-7,10-11,13H,8-9H2,1-3H3,(H,21,23). The molecule has 1 aliphatic rings. The van der Waals surface area contributed by atoms with Gasteiger partial charge in [0.25, 0.3) is 0 Å². The van der Waals surface area contributed by atoms with Crippen LogP contribution in [0.2, 0.25) is 5.02 Å². The van der Waals surface area contributed by atoms with Gasteiger partial charge in [-0.25, -0.2) is 0 Å². The fourth-order valence-electron chi connectivity index (χ4n) is 3.07. The van der Waals surface area contributed by atoms with Crippen LogP contribution in [-0.4, -0.2) is 25.6 Å². The van der Waals surface area contributed by atoms with Gasteiger partial charge in [0.1, 0.15) is 11.8 Å². The number of carbonyl (C=O) groups excluding carboxylic acids is 1. The molecule has 0 saturated heterocycles. The fraction of sp³-hybridized carbons (Fsp3) is 0.316. The summed E-state index contributed by atoms with van der Waals surface area (Å²) in [5.41, 5.74) is 3.96. The van der Waals surface area contributed by atoms with E-state index >= 15 is 0 Å². The highest BCUT2D eigenvalue weighted by atomic mass is 35.5. The molecule has 1 aliphatic heterocycles. The first-order chi connectivity index (χ1) is 11.5. The van der Waals surface area contributed by atoms with Gasteiger partial charge < -0.3 is 15.0 Å². The molecule has 1 amide bonds. The fourth-order valence-corrected chi connectivity index (χ4v) is 3.23. The number of methoxy groups -OCH3 is 1. The first kappa shape index (κ1) is 16.7. The van der Waals surface area contributed by atoms with Gasteiger partial charge in [-0.3, -0.25) is 4.79 Å². The highest BCUT2D eigenvalue weighted by Gasteiger charge is 2.27. The maximum absolute atomic E-state index is 12.7. The van der Waals surface area contributed by atoms with E-state index in [4.69, 9.17) is 16.3 Å². The number of halogens is 1. The zero-order chi connectivity index (χ0) is 17.3. The average molecular weight is 345 g/mol. The Labute approximate surface area is 147 Å². The van der Waals surface area contributed by atoms with Crippen LogP contribution in [0, 0.1) is 6.92 Å². The number of para-hydroxylation sites is 1. The maximum Gasteiger partial charge on any atom is 0.246 e. The molecule has 0 bridgehead atoms. The number of hydrogen-bond acceptors (Lipinski definition) is 3. The first-order valence-corrected chi connectivity index (χ1v) is 8.38. The van der Waals surface area contributed by atoms with Crippen molar-refractivity contribution >= 4 is 28.9 Å². The van der Waals surface area contributed by atoms with E-state index in [1.807, 2.05) is 32.0 Å². The Bertz CT molecular complexity index is 776. The molecule has 0 aliphatic carbocycles. The smallest absolute Gasteiger partial charge is 0.246 e. The summed E-state index contributed by atoms with van der Waals surface area (Å²) in [7, 11) is 1.57. The van der Waals surface area contributed by atoms with Crippen molar-refractivity contribution in [1.29, 1.82) is 0 Å². The molecule has 0 fully saturated rings. The quantitative estimate of drug-likeness (QED) is 0.909. The van der Waals surface area contributed by atoms with Gasteiger partial charge in [0.05, 0.1) is 12.8 Å². The molecule has 1 N–H and O–H groups in total. The van der Waals surface area contributed by atoms with Crippen molar-refractivity contribution < 1.29 is 9.53 Å². The molecule has 24 heavy (non-hydrogen) atoms. The molecule has 3 rings (SSSR count). The SMILES string of the molecule is COc1cc(Cl)c(C)cc1NC(=O)C(C)N1CCc2ccccc21. The Kier molecular flexibility index (Phi) is 4.67. The molecule has 2 aromatic carbocycles. The van der Waals surface area contributed by atoms with E-state index < -0.39 is 0 Å². The van der Waals surface area contributed by atoms with E-state index in [-0.39, 0.29) is 11.9 Å². The summed E-state index contributed by atoms with van der Waals surface area (Å²) in [5, 5.41) is 3.59. The van der Waals surface area contributed by atoms with Gasteiger partial charge in [-0.05, 0) is 43.5 Å². The summed E-state index contributed by atoms with van der Waals surface area (Å²) >= 11 is 6.12. The lowest BCUT2D eigenvalue weighted by atomic mass is 10.1. The Morgan fingerprint density at radius 1 is 1.33 bits per heavy atom. The van der Waals surface area contributed by atoms with E-state index in [0.29, 0.717) is 16.5 Å². The topological polar surface area (TPSA) is 41.6 Å². The predicted octanol–water partition coefficient (Wildman–Crippen LogP) is 4.05. The summed E-state index contributed by atoms with van der Waals surface area (Å²) in [5.74, 6) is 0.500. The Balaban J connectivity index is 1.80. The van der Waals surface area contributed by atoms with Crippen LogP contribution in [0.1, 0.15) is 18.1 Å². The van der Waals surface area contributed by atoms with Gasteiger partial charge in [0.15, 0.2) is 0 Å². The second-order valence-corrected chi connectivity index (χ2v) is 6.45. The number of fused-ring (bicyclic) bond motifs is 1. The molecule has 1 unspecified atom stereocenters. The molecule has 0 aromatic heterocycles. The third kappa shape index (κ3) is 3.06. The van der Waals surface area contributed by atoms with Crippen molar-refractivity contribution in [1.82, 2.24) is 0 Å². The van der Waals surface area contributed by atoms with Crippen LogP contribution >= 0.6 is 11.6 Å². The number of anilines is 2. The summed E-state index contributed by atoms with van der Waals surface area (Å²) in [6.07, 6.45) is 0.969. The van der Waals surface area contributed by atoms with Crippen molar-refractivity contribution in [2.75, 3.05) is 23.9 Å². The lowest BCUT2D eigenvalue weighted by Crippen LogP contribution is -2.41. The van der Waals surface area contributed by atoms with Crippen molar-refractivity contribution in [2.24, 2.45) is 0 Å². The number of hydrogen-bond donors (Lipinski definition) is 1. The summed E-state index contributed by atoms with van der Waals surface area (Å²) in [6.45, 7) is 4.68. The van der Waals surface area contributed by atoms with Crippen LogP contribution in [-0.2, 0) is 11.2 Å². The number of nitrogens with one attached hydrogen (secondary N) is 1. The summed E-state index contributed by atoms with van der Waals surface area (Å²) in [4.78, 5) is 14.9. The first-order valence-electron chi connectivity index (χ1n) is 8.01. The van der Waals surface area contributed by atoms with Gasteiger partial charge in [0.2, 0.25) is 5.91 Å². The van der Waals surface area contributed by atoms with Gasteiger partial charge in [0, 0.05) is 23.3 Å². The number of benzene rings is 2. The van der Waals surface area contributed by atoms with Gasteiger partial charge >= 0.3 is 0 Å². The summed E-state index contributed by atoms with van der Waals surface area (Å²) < 4.78 is 5.33. The monoisotopic (exact) mass is 344 g/mol. The largest absolute Gasteiger partial charge is 0.495 e. The number of ether oxygens (including phenoxy) is 1. The van der Waals surface area contributed by atoms with Crippen molar-refractivity contribution in [2.45, 2.75) is 26.3 Å². The van der Waals surface area contributed by atoms with Crippen LogP contribution in [0.3, 0.4) is 0 Å². The Hall–Kier alpha value is -2.20. The van der Waals surface area contributed by atoms with Crippen LogP contribution in [0.4, 0.5) is 11.4 Å². The minimum Gasteiger partial charge on any atom is -0.495 e. The minimum absolute atomic E-state index is 0.0632. The molecule has 1 heterocycles. The molecule has 1 atom stereocenters. The lowest BCUT2D eigenvalue weighted by molar-refractivity contribution is -0.117.